The van der Waals surface area contributed by atoms with Crippen molar-refractivity contribution in [3.8, 4) is 0 Å². The zero-order valence-corrected chi connectivity index (χ0v) is 14.1. The molecule has 0 bridgehead atoms. The predicted molar refractivity (Wildman–Crippen MR) is 86.7 cm³/mol. The number of ether oxygens (including phenoxy) is 1. The maximum absolute atomic E-state index is 11.4. The number of carbonyl (C=O) groups excluding carboxylic acids is 1. The number of aliphatic hydroxyl groups excluding tert-OH is 1. The van der Waals surface area contributed by atoms with Crippen LogP contribution in [0.2, 0.25) is 0 Å². The number of aliphatic hydroxyl groups is 1. The van der Waals surface area contributed by atoms with Gasteiger partial charge in [-0.15, -0.1) is 0 Å². The first-order valence-corrected chi connectivity index (χ1v) is 7.97. The number of likely N-dealkylation sites (tertiary alicyclic amines) is 1. The molecule has 0 aromatic heterocycles. The summed E-state index contributed by atoms with van der Waals surface area (Å²) in [6, 6.07) is 4.46. The van der Waals surface area contributed by atoms with Gasteiger partial charge < -0.3 is 9.84 Å². The van der Waals surface area contributed by atoms with Gasteiger partial charge in [-0.2, -0.15) is 0 Å². The molecule has 1 aliphatic rings. The largest absolute Gasteiger partial charge is 0.467 e. The lowest BCUT2D eigenvalue weighted by Crippen LogP contribution is -2.40. The lowest BCUT2D eigenvalue weighted by molar-refractivity contribution is -0.154. The summed E-state index contributed by atoms with van der Waals surface area (Å²) in [5.74, 6) is -0.493. The summed E-state index contributed by atoms with van der Waals surface area (Å²) in [6.07, 6.45) is 0.690. The maximum atomic E-state index is 11.4. The molecule has 0 amide bonds. The SMILES string of the molecule is COC(=O)C(O)C1CCN(Cc2c(C)cc(C)cc2C)CC1. The quantitative estimate of drug-likeness (QED) is 0.868. The molecule has 2 rings (SSSR count). The van der Waals surface area contributed by atoms with Crippen LogP contribution in [0, 0.1) is 26.7 Å². The number of aryl methyl sites for hydroxylation is 3. The van der Waals surface area contributed by atoms with Gasteiger partial charge in [0.1, 0.15) is 0 Å². The Kier molecular flexibility index (Phi) is 5.59. The highest BCUT2D eigenvalue weighted by Gasteiger charge is 2.30. The molecule has 1 atom stereocenters. The Bertz CT molecular complexity index is 510. The Hall–Kier alpha value is -1.39. The fraction of sp³-hybridized carbons (Fsp3) is 0.611. The van der Waals surface area contributed by atoms with Gasteiger partial charge in [-0.05, 0) is 69.3 Å². The van der Waals surface area contributed by atoms with E-state index < -0.39 is 12.1 Å². The van der Waals surface area contributed by atoms with Crippen LogP contribution >= 0.6 is 0 Å². The maximum Gasteiger partial charge on any atom is 0.334 e. The third-order valence-electron chi connectivity index (χ3n) is 4.74. The highest BCUT2D eigenvalue weighted by Crippen LogP contribution is 2.25. The Balaban J connectivity index is 1.94. The summed E-state index contributed by atoms with van der Waals surface area (Å²) in [6.45, 7) is 9.23. The minimum Gasteiger partial charge on any atom is -0.467 e. The van der Waals surface area contributed by atoms with Crippen molar-refractivity contribution in [2.24, 2.45) is 5.92 Å². The van der Waals surface area contributed by atoms with Crippen molar-refractivity contribution in [2.75, 3.05) is 20.2 Å². The standard InChI is InChI=1S/C18H27NO3/c1-12-9-13(2)16(14(3)10-12)11-19-7-5-15(6-8-19)17(20)18(21)22-4/h9-10,15,17,20H,5-8,11H2,1-4H3. The number of piperidine rings is 1. The molecule has 0 radical (unpaired) electrons. The second kappa shape index (κ2) is 7.25. The third-order valence-corrected chi connectivity index (χ3v) is 4.74. The van der Waals surface area contributed by atoms with Crippen molar-refractivity contribution in [3.63, 3.8) is 0 Å². The summed E-state index contributed by atoms with van der Waals surface area (Å²) >= 11 is 0. The van der Waals surface area contributed by atoms with Gasteiger partial charge in [0.25, 0.3) is 0 Å². The van der Waals surface area contributed by atoms with Crippen molar-refractivity contribution in [2.45, 2.75) is 46.3 Å². The fourth-order valence-corrected chi connectivity index (χ4v) is 3.42. The van der Waals surface area contributed by atoms with E-state index in [2.05, 4.69) is 42.5 Å². The summed E-state index contributed by atoms with van der Waals surface area (Å²) in [5.41, 5.74) is 5.39. The number of methoxy groups -OCH3 is 1. The van der Waals surface area contributed by atoms with Gasteiger partial charge in [0, 0.05) is 6.54 Å². The molecule has 4 heteroatoms. The van der Waals surface area contributed by atoms with Crippen molar-refractivity contribution in [3.05, 3.63) is 34.4 Å². The number of rotatable bonds is 4. The number of hydrogen-bond donors (Lipinski definition) is 1. The molecular weight excluding hydrogens is 278 g/mol. The minimum atomic E-state index is -0.977. The van der Waals surface area contributed by atoms with Crippen molar-refractivity contribution >= 4 is 5.97 Å². The normalized spacial score (nSPS) is 18.2. The van der Waals surface area contributed by atoms with Crippen LogP contribution in [0.1, 0.15) is 35.1 Å². The van der Waals surface area contributed by atoms with Gasteiger partial charge in [0.2, 0.25) is 0 Å². The Labute approximate surface area is 133 Å². The second-order valence-corrected chi connectivity index (χ2v) is 6.46. The zero-order chi connectivity index (χ0) is 16.3. The molecular formula is C18H27NO3. The highest BCUT2D eigenvalue weighted by molar-refractivity contribution is 5.74. The van der Waals surface area contributed by atoms with Gasteiger partial charge >= 0.3 is 5.97 Å². The molecule has 1 saturated heterocycles. The highest BCUT2D eigenvalue weighted by atomic mass is 16.5. The van der Waals surface area contributed by atoms with E-state index in [0.29, 0.717) is 0 Å². The van der Waals surface area contributed by atoms with Gasteiger partial charge in [-0.1, -0.05) is 17.7 Å². The van der Waals surface area contributed by atoms with Crippen molar-refractivity contribution in [1.82, 2.24) is 4.90 Å². The van der Waals surface area contributed by atoms with Gasteiger partial charge in [-0.25, -0.2) is 4.79 Å². The molecule has 22 heavy (non-hydrogen) atoms. The number of esters is 1. The van der Waals surface area contributed by atoms with Crippen LogP contribution < -0.4 is 0 Å². The third kappa shape index (κ3) is 3.87. The van der Waals surface area contributed by atoms with E-state index in [9.17, 15) is 9.90 Å². The van der Waals surface area contributed by atoms with Crippen LogP contribution in [-0.4, -0.2) is 42.3 Å². The van der Waals surface area contributed by atoms with E-state index in [4.69, 9.17) is 0 Å². The Morgan fingerprint density at radius 1 is 1.27 bits per heavy atom. The summed E-state index contributed by atoms with van der Waals surface area (Å²) in [7, 11) is 1.32. The molecule has 0 saturated carbocycles. The van der Waals surface area contributed by atoms with E-state index in [1.165, 1.54) is 29.4 Å². The molecule has 1 aromatic carbocycles. The summed E-state index contributed by atoms with van der Waals surface area (Å²) in [5, 5.41) is 9.94. The topological polar surface area (TPSA) is 49.8 Å². The van der Waals surface area contributed by atoms with Gasteiger partial charge in [0.15, 0.2) is 6.10 Å². The molecule has 1 fully saturated rings. The molecule has 1 aromatic rings. The Morgan fingerprint density at radius 3 is 2.32 bits per heavy atom. The summed E-state index contributed by atoms with van der Waals surface area (Å²) < 4.78 is 4.63. The lowest BCUT2D eigenvalue weighted by atomic mass is 9.90. The van der Waals surface area contributed by atoms with E-state index >= 15 is 0 Å². The van der Waals surface area contributed by atoms with Crippen LogP contribution in [0.3, 0.4) is 0 Å². The lowest BCUT2D eigenvalue weighted by Gasteiger charge is -2.34. The van der Waals surface area contributed by atoms with Crippen LogP contribution in [0.4, 0.5) is 0 Å². The number of nitrogens with zero attached hydrogens (tertiary/aromatic N) is 1. The fourth-order valence-electron chi connectivity index (χ4n) is 3.42. The molecule has 0 aliphatic carbocycles. The first-order chi connectivity index (χ1) is 10.4. The molecule has 0 spiro atoms. The van der Waals surface area contributed by atoms with Crippen LogP contribution in [0.25, 0.3) is 0 Å². The smallest absolute Gasteiger partial charge is 0.334 e. The minimum absolute atomic E-state index is 0.0175. The van der Waals surface area contributed by atoms with Crippen molar-refractivity contribution in [1.29, 1.82) is 0 Å². The molecule has 122 valence electrons. The average Bonchev–Trinajstić information content (AvgIpc) is 2.50. The molecule has 4 nitrogen and oxygen atoms in total. The first kappa shape index (κ1) is 17.0. The second-order valence-electron chi connectivity index (χ2n) is 6.46. The van der Waals surface area contributed by atoms with E-state index in [0.717, 1.165) is 32.5 Å². The molecule has 1 aliphatic heterocycles. The van der Waals surface area contributed by atoms with E-state index in [-0.39, 0.29) is 5.92 Å². The number of benzene rings is 1. The average molecular weight is 305 g/mol. The zero-order valence-electron chi connectivity index (χ0n) is 14.1. The first-order valence-electron chi connectivity index (χ1n) is 7.97. The summed E-state index contributed by atoms with van der Waals surface area (Å²) in [4.78, 5) is 13.8. The molecule has 1 heterocycles. The van der Waals surface area contributed by atoms with E-state index in [1.807, 2.05) is 0 Å². The van der Waals surface area contributed by atoms with Crippen LogP contribution in [-0.2, 0) is 16.1 Å². The van der Waals surface area contributed by atoms with Crippen LogP contribution in [0.5, 0.6) is 0 Å². The van der Waals surface area contributed by atoms with Crippen molar-refractivity contribution < 1.29 is 14.6 Å². The predicted octanol–water partition coefficient (Wildman–Crippen LogP) is 2.36. The Morgan fingerprint density at radius 2 is 1.82 bits per heavy atom. The monoisotopic (exact) mass is 305 g/mol. The number of hydrogen-bond acceptors (Lipinski definition) is 4. The molecule has 1 N–H and O–H groups in total. The molecule has 1 unspecified atom stereocenters. The number of carbonyl (C=O) groups is 1. The van der Waals surface area contributed by atoms with Gasteiger partial charge in [-0.3, -0.25) is 4.90 Å². The van der Waals surface area contributed by atoms with Crippen LogP contribution in [0.15, 0.2) is 12.1 Å². The van der Waals surface area contributed by atoms with Gasteiger partial charge in [0.05, 0.1) is 7.11 Å². The van der Waals surface area contributed by atoms with E-state index in [1.54, 1.807) is 0 Å².